The largest absolute Gasteiger partial charge is 0.326 e. The smallest absolute Gasteiger partial charge is 0.229 e. The zero-order valence-corrected chi connectivity index (χ0v) is 18.0. The van der Waals surface area contributed by atoms with Crippen molar-refractivity contribution in [3.8, 4) is 11.1 Å². The van der Waals surface area contributed by atoms with Crippen LogP contribution < -0.4 is 10.6 Å². The molecule has 1 saturated carbocycles. The van der Waals surface area contributed by atoms with Crippen LogP contribution in [0.25, 0.3) is 11.1 Å². The Balaban J connectivity index is 1.19. The van der Waals surface area contributed by atoms with Crippen LogP contribution in [-0.4, -0.2) is 36.3 Å². The average molecular weight is 418 g/mol. The number of hydrogen-bond donors (Lipinski definition) is 2. The molecule has 0 radical (unpaired) electrons. The molecule has 2 bridgehead atoms. The van der Waals surface area contributed by atoms with E-state index >= 15 is 0 Å². The van der Waals surface area contributed by atoms with E-state index < -0.39 is 0 Å². The fraction of sp³-hybridized carbons (Fsp3) is 0.462. The molecule has 0 unspecified atom stereocenters. The maximum atomic E-state index is 12.8. The molecule has 31 heavy (non-hydrogen) atoms. The standard InChI is InChI=1S/C26H31N3O2/c30-25(21-3-1-2-4-21)27-22-9-5-18(6-10-22)19-7-11-23(12-8-19)28-26(31)24-17-29-15-13-20(24)14-16-29/h5-12,20-21,24H,1-4,13-17H2,(H,27,30)(H,28,31)/t24-/m0/s1. The topological polar surface area (TPSA) is 61.4 Å². The van der Waals surface area contributed by atoms with Gasteiger partial charge in [0.1, 0.15) is 0 Å². The Morgan fingerprint density at radius 1 is 0.710 bits per heavy atom. The second-order valence-electron chi connectivity index (χ2n) is 9.36. The molecule has 4 fully saturated rings. The summed E-state index contributed by atoms with van der Waals surface area (Å²) in [5.41, 5.74) is 3.89. The minimum Gasteiger partial charge on any atom is -0.326 e. The van der Waals surface area contributed by atoms with Gasteiger partial charge in [0.25, 0.3) is 0 Å². The number of benzene rings is 2. The van der Waals surface area contributed by atoms with Gasteiger partial charge in [-0.2, -0.15) is 0 Å². The summed E-state index contributed by atoms with van der Waals surface area (Å²) in [6.45, 7) is 3.19. The minimum absolute atomic E-state index is 0.120. The summed E-state index contributed by atoms with van der Waals surface area (Å²) in [4.78, 5) is 27.5. The molecule has 2 N–H and O–H groups in total. The summed E-state index contributed by atoms with van der Waals surface area (Å²) in [5.74, 6) is 1.13. The number of nitrogens with one attached hydrogen (secondary N) is 2. The van der Waals surface area contributed by atoms with Crippen LogP contribution in [0.5, 0.6) is 0 Å². The monoisotopic (exact) mass is 417 g/mol. The first-order chi connectivity index (χ1) is 15.2. The number of nitrogens with zero attached hydrogens (tertiary/aromatic N) is 1. The highest BCUT2D eigenvalue weighted by Crippen LogP contribution is 2.33. The van der Waals surface area contributed by atoms with Gasteiger partial charge in [0.2, 0.25) is 11.8 Å². The number of hydrogen-bond acceptors (Lipinski definition) is 3. The molecule has 0 spiro atoms. The third-order valence-electron chi connectivity index (χ3n) is 7.36. The first kappa shape index (κ1) is 20.3. The van der Waals surface area contributed by atoms with E-state index in [-0.39, 0.29) is 23.7 Å². The summed E-state index contributed by atoms with van der Waals surface area (Å²) in [6, 6.07) is 16.0. The third kappa shape index (κ3) is 4.52. The fourth-order valence-corrected chi connectivity index (χ4v) is 5.42. The van der Waals surface area contributed by atoms with Crippen LogP contribution in [0, 0.1) is 17.8 Å². The minimum atomic E-state index is 0.120. The lowest BCUT2D eigenvalue weighted by Crippen LogP contribution is -2.51. The first-order valence-electron chi connectivity index (χ1n) is 11.7. The second-order valence-corrected chi connectivity index (χ2v) is 9.36. The molecule has 3 aliphatic heterocycles. The van der Waals surface area contributed by atoms with Crippen molar-refractivity contribution in [2.45, 2.75) is 38.5 Å². The predicted octanol–water partition coefficient (Wildman–Crippen LogP) is 4.76. The Hall–Kier alpha value is -2.66. The predicted molar refractivity (Wildman–Crippen MR) is 124 cm³/mol. The van der Waals surface area contributed by atoms with Crippen molar-refractivity contribution in [3.63, 3.8) is 0 Å². The lowest BCUT2D eigenvalue weighted by atomic mass is 9.78. The zero-order chi connectivity index (χ0) is 21.2. The SMILES string of the molecule is O=C(Nc1ccc(-c2ccc(NC(=O)[C@H]3CN4CCC3CC4)cc2)cc1)C1CCCC1. The van der Waals surface area contributed by atoms with Gasteiger partial charge in [0.05, 0.1) is 5.92 Å². The number of piperidine rings is 3. The molecule has 3 saturated heterocycles. The Morgan fingerprint density at radius 2 is 1.23 bits per heavy atom. The van der Waals surface area contributed by atoms with Crippen molar-refractivity contribution < 1.29 is 9.59 Å². The molecular weight excluding hydrogens is 386 g/mol. The van der Waals surface area contributed by atoms with Crippen LogP contribution in [0.4, 0.5) is 11.4 Å². The zero-order valence-electron chi connectivity index (χ0n) is 18.0. The molecule has 0 aromatic heterocycles. The first-order valence-corrected chi connectivity index (χ1v) is 11.7. The van der Waals surface area contributed by atoms with Gasteiger partial charge in [0.15, 0.2) is 0 Å². The Bertz CT molecular complexity index is 924. The van der Waals surface area contributed by atoms with E-state index in [4.69, 9.17) is 0 Å². The van der Waals surface area contributed by atoms with Gasteiger partial charge in [0, 0.05) is 23.8 Å². The van der Waals surface area contributed by atoms with Gasteiger partial charge in [-0.25, -0.2) is 0 Å². The van der Waals surface area contributed by atoms with Crippen LogP contribution in [0.3, 0.4) is 0 Å². The van der Waals surface area contributed by atoms with E-state index in [0.29, 0.717) is 5.92 Å². The number of carbonyl (C=O) groups is 2. The maximum Gasteiger partial charge on any atom is 0.229 e. The van der Waals surface area contributed by atoms with Crippen LogP contribution in [0.2, 0.25) is 0 Å². The van der Waals surface area contributed by atoms with Crippen LogP contribution >= 0.6 is 0 Å². The normalized spacial score (nSPS) is 25.4. The summed E-state index contributed by atoms with van der Waals surface area (Å²) >= 11 is 0. The summed E-state index contributed by atoms with van der Waals surface area (Å²) < 4.78 is 0. The molecule has 2 amide bonds. The Labute approximate surface area is 184 Å². The van der Waals surface area contributed by atoms with E-state index in [1.807, 2.05) is 48.5 Å². The third-order valence-corrected chi connectivity index (χ3v) is 7.36. The van der Waals surface area contributed by atoms with Gasteiger partial charge in [-0.1, -0.05) is 37.1 Å². The Morgan fingerprint density at radius 3 is 1.71 bits per heavy atom. The lowest BCUT2D eigenvalue weighted by Gasteiger charge is -2.43. The van der Waals surface area contributed by atoms with Crippen molar-refractivity contribution >= 4 is 23.2 Å². The number of carbonyl (C=O) groups excluding carboxylic acids is 2. The van der Waals surface area contributed by atoms with Crippen LogP contribution in [0.15, 0.2) is 48.5 Å². The quantitative estimate of drug-likeness (QED) is 0.737. The molecule has 3 heterocycles. The van der Waals surface area contributed by atoms with E-state index in [1.54, 1.807) is 0 Å². The molecule has 6 rings (SSSR count). The average Bonchev–Trinajstić information content (AvgIpc) is 3.36. The van der Waals surface area contributed by atoms with Crippen molar-refractivity contribution in [2.24, 2.45) is 17.8 Å². The number of rotatable bonds is 5. The summed E-state index contributed by atoms with van der Waals surface area (Å²) in [7, 11) is 0. The Kier molecular flexibility index (Phi) is 5.77. The molecule has 162 valence electrons. The van der Waals surface area contributed by atoms with Crippen LogP contribution in [-0.2, 0) is 9.59 Å². The second kappa shape index (κ2) is 8.83. The number of amides is 2. The van der Waals surface area contributed by atoms with Crippen molar-refractivity contribution in [2.75, 3.05) is 30.3 Å². The van der Waals surface area contributed by atoms with Gasteiger partial charge in [-0.05, 0) is 80.1 Å². The molecule has 4 aliphatic rings. The highest BCUT2D eigenvalue weighted by molar-refractivity contribution is 5.94. The van der Waals surface area contributed by atoms with E-state index in [0.717, 1.165) is 80.7 Å². The highest BCUT2D eigenvalue weighted by atomic mass is 16.2. The van der Waals surface area contributed by atoms with E-state index in [2.05, 4.69) is 15.5 Å². The molecule has 5 heteroatoms. The number of fused-ring (bicyclic) bond motifs is 3. The van der Waals surface area contributed by atoms with Crippen molar-refractivity contribution in [1.82, 2.24) is 4.90 Å². The maximum absolute atomic E-state index is 12.8. The van der Waals surface area contributed by atoms with Gasteiger partial charge < -0.3 is 15.5 Å². The molecular formula is C26H31N3O2. The van der Waals surface area contributed by atoms with Crippen molar-refractivity contribution in [3.05, 3.63) is 48.5 Å². The molecule has 1 atom stereocenters. The summed E-state index contributed by atoms with van der Waals surface area (Å²) in [6.07, 6.45) is 6.63. The van der Waals surface area contributed by atoms with E-state index in [1.165, 1.54) is 0 Å². The molecule has 2 aromatic rings. The number of anilines is 2. The van der Waals surface area contributed by atoms with Crippen LogP contribution in [0.1, 0.15) is 38.5 Å². The fourth-order valence-electron chi connectivity index (χ4n) is 5.42. The molecule has 2 aromatic carbocycles. The van der Waals surface area contributed by atoms with Gasteiger partial charge in [-0.15, -0.1) is 0 Å². The summed E-state index contributed by atoms with van der Waals surface area (Å²) in [5, 5.41) is 6.17. The molecule has 1 aliphatic carbocycles. The molecule has 5 nitrogen and oxygen atoms in total. The lowest BCUT2D eigenvalue weighted by molar-refractivity contribution is -0.125. The van der Waals surface area contributed by atoms with Gasteiger partial charge in [-0.3, -0.25) is 9.59 Å². The highest BCUT2D eigenvalue weighted by Gasteiger charge is 2.38. The van der Waals surface area contributed by atoms with Gasteiger partial charge >= 0.3 is 0 Å². The van der Waals surface area contributed by atoms with E-state index in [9.17, 15) is 9.59 Å². The van der Waals surface area contributed by atoms with Crippen molar-refractivity contribution in [1.29, 1.82) is 0 Å².